The third-order valence-electron chi connectivity index (χ3n) is 5.71. The Balaban J connectivity index is 1.28. The first-order valence-electron chi connectivity index (χ1n) is 10.8. The fourth-order valence-corrected chi connectivity index (χ4v) is 4.96. The van der Waals surface area contributed by atoms with Crippen LogP contribution in [-0.4, -0.2) is 71.5 Å². The minimum atomic E-state index is -0.393. The Hall–Kier alpha value is -3.99. The second-order valence-corrected chi connectivity index (χ2v) is 8.78. The summed E-state index contributed by atoms with van der Waals surface area (Å²) in [6, 6.07) is 11.7. The molecule has 1 fully saturated rings. The largest absolute Gasteiger partial charge is 0.450 e. The molecule has 174 valence electrons. The zero-order chi connectivity index (χ0) is 23.8. The van der Waals surface area contributed by atoms with Crippen LogP contribution in [-0.2, 0) is 4.74 Å². The molecule has 0 bridgehead atoms. The number of nitrogens with zero attached hydrogens (tertiary/aromatic N) is 4. The molecule has 5 rings (SSSR count). The van der Waals surface area contributed by atoms with E-state index in [1.165, 1.54) is 11.3 Å². The first-order chi connectivity index (χ1) is 16.5. The van der Waals surface area contributed by atoms with Gasteiger partial charge in [0.15, 0.2) is 0 Å². The number of nitrogens with one attached hydrogen (secondary N) is 1. The Bertz CT molecular complexity index is 1280. The molecule has 11 heteroatoms. The molecule has 2 aromatic carbocycles. The summed E-state index contributed by atoms with van der Waals surface area (Å²) < 4.78 is 5.73. The predicted molar refractivity (Wildman–Crippen MR) is 126 cm³/mol. The summed E-state index contributed by atoms with van der Waals surface area (Å²) in [5.41, 5.74) is 1.92. The molecule has 34 heavy (non-hydrogen) atoms. The lowest BCUT2D eigenvalue weighted by Gasteiger charge is -2.33. The van der Waals surface area contributed by atoms with Gasteiger partial charge < -0.3 is 19.9 Å². The number of benzene rings is 2. The fourth-order valence-electron chi connectivity index (χ4n) is 3.96. The van der Waals surface area contributed by atoms with Crippen LogP contribution < -0.4 is 10.2 Å². The lowest BCUT2D eigenvalue weighted by atomic mass is 10.1. The molecule has 1 aromatic heterocycles. The molecule has 2 aliphatic rings. The summed E-state index contributed by atoms with van der Waals surface area (Å²) in [6.45, 7) is 3.68. The van der Waals surface area contributed by atoms with Crippen molar-refractivity contribution in [3.8, 4) is 0 Å². The van der Waals surface area contributed by atoms with E-state index in [2.05, 4.69) is 10.3 Å². The number of carbonyl (C=O) groups excluding carboxylic acids is 4. The van der Waals surface area contributed by atoms with E-state index in [4.69, 9.17) is 4.74 Å². The molecule has 5 amide bonds. The van der Waals surface area contributed by atoms with Crippen LogP contribution in [0.5, 0.6) is 0 Å². The van der Waals surface area contributed by atoms with Crippen molar-refractivity contribution >= 4 is 56.3 Å². The summed E-state index contributed by atoms with van der Waals surface area (Å²) in [5, 5.41) is 3.16. The number of rotatable bonds is 3. The highest BCUT2D eigenvalue weighted by molar-refractivity contribution is 7.22. The fraction of sp³-hybridized carbons (Fsp3) is 0.261. The first kappa shape index (κ1) is 21.8. The average Bonchev–Trinajstić information content (AvgIpc) is 3.37. The van der Waals surface area contributed by atoms with Crippen LogP contribution >= 0.6 is 11.3 Å². The zero-order valence-corrected chi connectivity index (χ0v) is 19.1. The van der Waals surface area contributed by atoms with Crippen LogP contribution in [0.2, 0.25) is 0 Å². The van der Waals surface area contributed by atoms with E-state index in [1.807, 2.05) is 0 Å². The average molecular weight is 480 g/mol. The Labute approximate surface area is 198 Å². The van der Waals surface area contributed by atoms with Gasteiger partial charge in [0.1, 0.15) is 0 Å². The van der Waals surface area contributed by atoms with Crippen LogP contribution in [0.4, 0.5) is 20.4 Å². The Kier molecular flexibility index (Phi) is 5.62. The number of amides is 5. The SMILES string of the molecule is CCOC(=O)N1CCN(C(=O)Nc2ccc3nc(N4C(=O)c5ccccc5C4=O)sc3c2)CC1. The molecule has 3 aromatic rings. The highest BCUT2D eigenvalue weighted by Gasteiger charge is 2.38. The van der Waals surface area contributed by atoms with E-state index >= 15 is 0 Å². The molecule has 0 spiro atoms. The monoisotopic (exact) mass is 479 g/mol. The molecule has 0 unspecified atom stereocenters. The highest BCUT2D eigenvalue weighted by atomic mass is 32.1. The minimum Gasteiger partial charge on any atom is -0.450 e. The highest BCUT2D eigenvalue weighted by Crippen LogP contribution is 2.35. The third-order valence-corrected chi connectivity index (χ3v) is 6.71. The Morgan fingerprint density at radius 3 is 2.29 bits per heavy atom. The predicted octanol–water partition coefficient (Wildman–Crippen LogP) is 3.40. The number of ether oxygens (including phenoxy) is 1. The van der Waals surface area contributed by atoms with Crippen molar-refractivity contribution in [3.05, 3.63) is 53.6 Å². The maximum atomic E-state index is 12.8. The number of anilines is 2. The molecule has 10 nitrogen and oxygen atoms in total. The molecule has 0 aliphatic carbocycles. The van der Waals surface area contributed by atoms with E-state index in [0.29, 0.717) is 60.2 Å². The number of fused-ring (bicyclic) bond motifs is 2. The van der Waals surface area contributed by atoms with E-state index in [-0.39, 0.29) is 12.1 Å². The molecule has 1 saturated heterocycles. The van der Waals surface area contributed by atoms with Gasteiger partial charge in [0, 0.05) is 31.9 Å². The second kappa shape index (κ2) is 8.75. The first-order valence-corrected chi connectivity index (χ1v) is 11.6. The normalized spacial score (nSPS) is 15.6. The van der Waals surface area contributed by atoms with Gasteiger partial charge in [-0.05, 0) is 37.3 Å². The van der Waals surface area contributed by atoms with Crippen LogP contribution in [0.3, 0.4) is 0 Å². The van der Waals surface area contributed by atoms with E-state index in [9.17, 15) is 19.2 Å². The molecule has 0 atom stereocenters. The number of imide groups is 1. The van der Waals surface area contributed by atoms with Crippen LogP contribution in [0.25, 0.3) is 10.2 Å². The number of thiazole rings is 1. The summed E-state index contributed by atoms with van der Waals surface area (Å²) in [6.07, 6.45) is -0.368. The maximum absolute atomic E-state index is 12.8. The topological polar surface area (TPSA) is 112 Å². The van der Waals surface area contributed by atoms with Gasteiger partial charge in [-0.3, -0.25) is 9.59 Å². The lowest BCUT2D eigenvalue weighted by molar-refractivity contribution is 0.0868. The number of piperazine rings is 1. The van der Waals surface area contributed by atoms with Crippen molar-refractivity contribution < 1.29 is 23.9 Å². The Morgan fingerprint density at radius 1 is 1.00 bits per heavy atom. The van der Waals surface area contributed by atoms with Gasteiger partial charge >= 0.3 is 12.1 Å². The van der Waals surface area contributed by atoms with Crippen LogP contribution in [0.15, 0.2) is 42.5 Å². The molecular weight excluding hydrogens is 458 g/mol. The van der Waals surface area contributed by atoms with Gasteiger partial charge in [0.2, 0.25) is 5.13 Å². The van der Waals surface area contributed by atoms with Gasteiger partial charge in [-0.15, -0.1) is 0 Å². The summed E-state index contributed by atoms with van der Waals surface area (Å²) in [4.78, 5) is 58.8. The van der Waals surface area contributed by atoms with Crippen molar-refractivity contribution in [1.29, 1.82) is 0 Å². The van der Waals surface area contributed by atoms with Gasteiger partial charge in [0.05, 0.1) is 28.0 Å². The van der Waals surface area contributed by atoms with Crippen molar-refractivity contribution in [1.82, 2.24) is 14.8 Å². The van der Waals surface area contributed by atoms with E-state index in [1.54, 1.807) is 59.2 Å². The second-order valence-electron chi connectivity index (χ2n) is 7.77. The van der Waals surface area contributed by atoms with Crippen molar-refractivity contribution in [2.45, 2.75) is 6.92 Å². The Morgan fingerprint density at radius 2 is 1.65 bits per heavy atom. The van der Waals surface area contributed by atoms with Crippen molar-refractivity contribution in [2.24, 2.45) is 0 Å². The van der Waals surface area contributed by atoms with Gasteiger partial charge in [-0.25, -0.2) is 19.5 Å². The number of urea groups is 1. The number of hydrogen-bond donors (Lipinski definition) is 1. The van der Waals surface area contributed by atoms with Crippen molar-refractivity contribution in [3.63, 3.8) is 0 Å². The van der Waals surface area contributed by atoms with E-state index < -0.39 is 11.8 Å². The summed E-state index contributed by atoms with van der Waals surface area (Å²) in [7, 11) is 0. The molecular formula is C23H21N5O5S. The van der Waals surface area contributed by atoms with Crippen molar-refractivity contribution in [2.75, 3.05) is 43.0 Å². The number of carbonyl (C=O) groups is 4. The smallest absolute Gasteiger partial charge is 0.409 e. The number of hydrogen-bond acceptors (Lipinski definition) is 7. The quantitative estimate of drug-likeness (QED) is 0.576. The van der Waals surface area contributed by atoms with Gasteiger partial charge in [0.25, 0.3) is 11.8 Å². The minimum absolute atomic E-state index is 0.270. The molecule has 1 N–H and O–H groups in total. The molecule has 0 radical (unpaired) electrons. The summed E-state index contributed by atoms with van der Waals surface area (Å²) in [5.74, 6) is -0.787. The third kappa shape index (κ3) is 3.83. The van der Waals surface area contributed by atoms with Crippen LogP contribution in [0.1, 0.15) is 27.6 Å². The standard InChI is InChI=1S/C23H21N5O5S/c1-2-33-23(32)27-11-9-26(10-12-27)21(31)24-14-7-8-17-18(13-14)34-22(25-17)28-19(29)15-5-3-4-6-16(15)20(28)30/h3-8,13H,2,9-12H2,1H3,(H,24,31). The van der Waals surface area contributed by atoms with Crippen LogP contribution in [0, 0.1) is 0 Å². The summed E-state index contributed by atoms with van der Waals surface area (Å²) >= 11 is 1.21. The lowest BCUT2D eigenvalue weighted by Crippen LogP contribution is -2.51. The maximum Gasteiger partial charge on any atom is 0.409 e. The molecule has 0 saturated carbocycles. The number of aromatic nitrogens is 1. The van der Waals surface area contributed by atoms with Gasteiger partial charge in [-0.1, -0.05) is 23.5 Å². The zero-order valence-electron chi connectivity index (χ0n) is 18.3. The van der Waals surface area contributed by atoms with E-state index in [0.717, 1.165) is 9.60 Å². The molecule has 3 heterocycles. The van der Waals surface area contributed by atoms with Gasteiger partial charge in [-0.2, -0.15) is 0 Å². The molecule has 2 aliphatic heterocycles.